The lowest BCUT2D eigenvalue weighted by Gasteiger charge is -2.21. The quantitative estimate of drug-likeness (QED) is 0.164. The Hall–Kier alpha value is -5.02. The van der Waals surface area contributed by atoms with Crippen molar-refractivity contribution in [3.63, 3.8) is 0 Å². The molecule has 6 aromatic rings. The van der Waals surface area contributed by atoms with E-state index in [0.717, 1.165) is 11.1 Å². The van der Waals surface area contributed by atoms with Crippen LogP contribution in [0.25, 0.3) is 0 Å². The van der Waals surface area contributed by atoms with Gasteiger partial charge in [0.2, 0.25) is 20.0 Å². The summed E-state index contributed by atoms with van der Waals surface area (Å²) in [6, 6.07) is 36.5. The fourth-order valence-corrected chi connectivity index (χ4v) is 7.78. The predicted molar refractivity (Wildman–Crippen MR) is 192 cm³/mol. The number of aromatic amines is 1. The second-order valence-electron chi connectivity index (χ2n) is 11.0. The van der Waals surface area contributed by atoms with E-state index < -0.39 is 20.0 Å². The van der Waals surface area contributed by atoms with Gasteiger partial charge in [-0.2, -0.15) is 18.8 Å². The van der Waals surface area contributed by atoms with Crippen molar-refractivity contribution in [2.45, 2.75) is 43.1 Å². The van der Waals surface area contributed by atoms with Gasteiger partial charge in [0.25, 0.3) is 0 Å². The molecular formula is C36H42N8O4S2. The van der Waals surface area contributed by atoms with Crippen LogP contribution in [0.4, 0.5) is 0 Å². The zero-order valence-electron chi connectivity index (χ0n) is 27.0. The second kappa shape index (κ2) is 18.1. The van der Waals surface area contributed by atoms with Crippen molar-refractivity contribution in [1.29, 1.82) is 0 Å². The van der Waals surface area contributed by atoms with Crippen molar-refractivity contribution >= 4 is 20.0 Å². The van der Waals surface area contributed by atoms with Gasteiger partial charge in [-0.15, -0.1) is 0 Å². The van der Waals surface area contributed by atoms with E-state index in [0.29, 0.717) is 37.6 Å². The highest BCUT2D eigenvalue weighted by Gasteiger charge is 2.26. The first-order chi connectivity index (χ1) is 23.7. The van der Waals surface area contributed by atoms with Crippen molar-refractivity contribution in [1.82, 2.24) is 38.6 Å². The first kappa shape index (κ1) is 37.8. The molecule has 0 aliphatic heterocycles. The van der Waals surface area contributed by atoms with Crippen LogP contribution in [-0.2, 0) is 53.0 Å². The minimum absolute atomic E-state index is 0. The van der Waals surface area contributed by atoms with Crippen LogP contribution >= 0.6 is 0 Å². The largest absolute Gasteiger partial charge is 0.262 e. The van der Waals surface area contributed by atoms with Gasteiger partial charge in [0, 0.05) is 20.1 Å². The van der Waals surface area contributed by atoms with Crippen LogP contribution in [0.2, 0.25) is 0 Å². The zero-order chi connectivity index (χ0) is 34.5. The van der Waals surface area contributed by atoms with Crippen LogP contribution in [-0.4, -0.2) is 68.5 Å². The number of hydrogen-bond donors (Lipinski definition) is 1. The third kappa shape index (κ3) is 10.5. The molecule has 4 aromatic carbocycles. The molecule has 0 atom stereocenters. The lowest BCUT2D eigenvalue weighted by atomic mass is 10.1. The molecule has 0 unspecified atom stereocenters. The molecule has 0 aliphatic carbocycles. The third-order valence-electron chi connectivity index (χ3n) is 7.50. The van der Waals surface area contributed by atoms with E-state index >= 15 is 0 Å². The van der Waals surface area contributed by atoms with Crippen molar-refractivity contribution in [2.75, 3.05) is 13.1 Å². The predicted octanol–water partition coefficient (Wildman–Crippen LogP) is 5.12. The van der Waals surface area contributed by atoms with Crippen molar-refractivity contribution in [3.05, 3.63) is 157 Å². The minimum atomic E-state index is -3.62. The lowest BCUT2D eigenvalue weighted by Crippen LogP contribution is -2.33. The number of nitrogens with zero attached hydrogens (tertiary/aromatic N) is 7. The van der Waals surface area contributed by atoms with Crippen LogP contribution in [0.5, 0.6) is 0 Å². The van der Waals surface area contributed by atoms with Crippen LogP contribution in [0, 0.1) is 0 Å². The van der Waals surface area contributed by atoms with Gasteiger partial charge < -0.3 is 0 Å². The van der Waals surface area contributed by atoms with Gasteiger partial charge in [-0.3, -0.25) is 9.78 Å². The van der Waals surface area contributed by atoms with E-state index in [1.54, 1.807) is 78.7 Å². The van der Waals surface area contributed by atoms with Gasteiger partial charge in [0.1, 0.15) is 18.5 Å². The van der Waals surface area contributed by atoms with E-state index in [1.165, 1.54) is 14.9 Å². The van der Waals surface area contributed by atoms with Gasteiger partial charge in [0.15, 0.2) is 5.82 Å². The summed E-state index contributed by atoms with van der Waals surface area (Å²) in [5.41, 5.74) is 2.17. The standard InChI is InChI=1S/C18H20N4O2S.C17H18N4O2S.CH4/c1-21-15-19-18(20-21)14-22(13-12-16-8-4-2-5-9-16)25(23,24)17-10-6-3-7-11-17;22-24(23,16-9-5-2-6-10-16)21(13-17-18-14-19-20-17)12-11-15-7-3-1-4-8-15;/h2-11,15H,12-14H2,1H3;1-10,14H,11-13H2,(H,18,19,20);1H4. The zero-order valence-corrected chi connectivity index (χ0v) is 28.7. The summed E-state index contributed by atoms with van der Waals surface area (Å²) < 4.78 is 56.4. The topological polar surface area (TPSA) is 147 Å². The second-order valence-corrected chi connectivity index (χ2v) is 14.9. The number of benzene rings is 4. The molecular weight excluding hydrogens is 673 g/mol. The Morgan fingerprint density at radius 3 is 1.46 bits per heavy atom. The number of H-pyrrole nitrogens is 1. The number of aromatic nitrogens is 6. The Labute approximate surface area is 294 Å². The van der Waals surface area contributed by atoms with Gasteiger partial charge in [-0.1, -0.05) is 104 Å². The lowest BCUT2D eigenvalue weighted by molar-refractivity contribution is 0.399. The first-order valence-corrected chi connectivity index (χ1v) is 18.5. The van der Waals surface area contributed by atoms with Gasteiger partial charge in [0.05, 0.1) is 22.9 Å². The summed E-state index contributed by atoms with van der Waals surface area (Å²) in [5, 5.41) is 10.7. The number of rotatable bonds is 14. The first-order valence-electron chi connectivity index (χ1n) is 15.6. The summed E-state index contributed by atoms with van der Waals surface area (Å²) >= 11 is 0. The molecule has 12 nitrogen and oxygen atoms in total. The number of nitrogens with one attached hydrogen (secondary N) is 1. The molecule has 6 rings (SSSR count). The fourth-order valence-electron chi connectivity index (χ4n) is 4.94. The summed E-state index contributed by atoms with van der Waals surface area (Å²) in [6.45, 7) is 1.02. The Kier molecular flexibility index (Phi) is 13.7. The summed E-state index contributed by atoms with van der Waals surface area (Å²) in [4.78, 5) is 8.76. The smallest absolute Gasteiger partial charge is 0.243 e. The van der Waals surface area contributed by atoms with E-state index in [2.05, 4.69) is 25.3 Å². The maximum Gasteiger partial charge on any atom is 0.243 e. The van der Waals surface area contributed by atoms with Crippen LogP contribution < -0.4 is 0 Å². The molecule has 0 amide bonds. The summed E-state index contributed by atoms with van der Waals surface area (Å²) in [6.07, 6.45) is 4.19. The fraction of sp³-hybridized carbons (Fsp3) is 0.222. The molecule has 0 bridgehead atoms. The molecule has 0 aliphatic rings. The minimum Gasteiger partial charge on any atom is -0.262 e. The van der Waals surface area contributed by atoms with Crippen molar-refractivity contribution < 1.29 is 16.8 Å². The molecule has 262 valence electrons. The molecule has 0 spiro atoms. The SMILES string of the molecule is C.Cn1cnc(CN(CCc2ccccc2)S(=O)(=O)c2ccccc2)n1.O=S(=O)(c1ccccc1)N(CCc1ccccc1)Cc1ncn[nH]1. The Bertz CT molecular complexity index is 2060. The Morgan fingerprint density at radius 1 is 0.620 bits per heavy atom. The monoisotopic (exact) mass is 714 g/mol. The van der Waals surface area contributed by atoms with E-state index in [1.807, 2.05) is 60.7 Å². The number of aryl methyl sites for hydroxylation is 1. The molecule has 1 N–H and O–H groups in total. The van der Waals surface area contributed by atoms with E-state index in [9.17, 15) is 16.8 Å². The molecule has 2 heterocycles. The van der Waals surface area contributed by atoms with Crippen molar-refractivity contribution in [3.8, 4) is 0 Å². The van der Waals surface area contributed by atoms with Crippen LogP contribution in [0.1, 0.15) is 30.2 Å². The molecule has 50 heavy (non-hydrogen) atoms. The molecule has 14 heteroatoms. The van der Waals surface area contributed by atoms with Gasteiger partial charge in [-0.25, -0.2) is 26.8 Å². The maximum atomic E-state index is 13.0. The van der Waals surface area contributed by atoms with Crippen LogP contribution in [0.3, 0.4) is 0 Å². The van der Waals surface area contributed by atoms with Gasteiger partial charge >= 0.3 is 0 Å². The Morgan fingerprint density at radius 2 is 1.06 bits per heavy atom. The molecule has 0 saturated carbocycles. The molecule has 0 saturated heterocycles. The number of hydrogen-bond acceptors (Lipinski definition) is 8. The highest BCUT2D eigenvalue weighted by atomic mass is 32.2. The summed E-state index contributed by atoms with van der Waals surface area (Å²) in [7, 11) is -5.46. The average Bonchev–Trinajstić information content (AvgIpc) is 3.81. The van der Waals surface area contributed by atoms with Crippen LogP contribution in [0.15, 0.2) is 144 Å². The molecule has 0 fully saturated rings. The van der Waals surface area contributed by atoms with Gasteiger partial charge in [-0.05, 0) is 48.2 Å². The third-order valence-corrected chi connectivity index (χ3v) is 11.2. The Balaban J connectivity index is 0.000000220. The molecule has 2 aromatic heterocycles. The highest BCUT2D eigenvalue weighted by molar-refractivity contribution is 7.89. The summed E-state index contributed by atoms with van der Waals surface area (Å²) in [5.74, 6) is 0.998. The average molecular weight is 715 g/mol. The van der Waals surface area contributed by atoms with Crippen molar-refractivity contribution in [2.24, 2.45) is 7.05 Å². The van der Waals surface area contributed by atoms with E-state index in [-0.39, 0.29) is 30.3 Å². The highest BCUT2D eigenvalue weighted by Crippen LogP contribution is 2.19. The normalized spacial score (nSPS) is 11.5. The number of sulfonamides is 2. The maximum absolute atomic E-state index is 13.0. The van der Waals surface area contributed by atoms with E-state index in [4.69, 9.17) is 0 Å². The molecule has 0 radical (unpaired) electrons.